The first-order chi connectivity index (χ1) is 11.8. The van der Waals surface area contributed by atoms with Crippen molar-refractivity contribution in [3.05, 3.63) is 35.4 Å². The predicted molar refractivity (Wildman–Crippen MR) is 100 cm³/mol. The third-order valence-electron chi connectivity index (χ3n) is 5.01. The Labute approximate surface area is 150 Å². The lowest BCUT2D eigenvalue weighted by Gasteiger charge is -2.28. The van der Waals surface area contributed by atoms with Crippen LogP contribution in [0.15, 0.2) is 24.3 Å². The minimum absolute atomic E-state index is 0.0456. The lowest BCUT2D eigenvalue weighted by Crippen LogP contribution is -2.52. The fourth-order valence-corrected chi connectivity index (χ4v) is 3.30. The highest BCUT2D eigenvalue weighted by molar-refractivity contribution is 5.94. The first-order valence-corrected chi connectivity index (χ1v) is 9.16. The van der Waals surface area contributed by atoms with E-state index in [9.17, 15) is 9.59 Å². The topological polar surface area (TPSA) is 84.2 Å². The molecule has 4 N–H and O–H groups in total. The molecule has 0 radical (unpaired) electrons. The summed E-state index contributed by atoms with van der Waals surface area (Å²) in [4.78, 5) is 24.3. The van der Waals surface area contributed by atoms with Gasteiger partial charge in [-0.15, -0.1) is 0 Å². The summed E-state index contributed by atoms with van der Waals surface area (Å²) in [5.41, 5.74) is 7.46. The molecule has 1 fully saturated rings. The minimum Gasteiger partial charge on any atom is -0.352 e. The maximum atomic E-state index is 12.2. The van der Waals surface area contributed by atoms with Crippen LogP contribution in [0.4, 0.5) is 0 Å². The highest BCUT2D eigenvalue weighted by Crippen LogP contribution is 2.28. The second kappa shape index (κ2) is 8.00. The molecule has 1 aromatic carbocycles. The van der Waals surface area contributed by atoms with Crippen LogP contribution in [0.5, 0.6) is 0 Å². The lowest BCUT2D eigenvalue weighted by atomic mass is 9.87. The Bertz CT molecular complexity index is 596. The van der Waals surface area contributed by atoms with Crippen molar-refractivity contribution in [2.75, 3.05) is 13.1 Å². The van der Waals surface area contributed by atoms with Crippen molar-refractivity contribution in [3.8, 4) is 0 Å². The average molecular weight is 345 g/mol. The van der Waals surface area contributed by atoms with Gasteiger partial charge in [0.15, 0.2) is 0 Å². The zero-order valence-electron chi connectivity index (χ0n) is 15.7. The quantitative estimate of drug-likeness (QED) is 0.740. The van der Waals surface area contributed by atoms with E-state index in [0.717, 1.165) is 25.7 Å². The zero-order valence-corrected chi connectivity index (χ0v) is 15.7. The molecule has 1 aliphatic carbocycles. The van der Waals surface area contributed by atoms with Gasteiger partial charge in [-0.2, -0.15) is 0 Å². The molecule has 25 heavy (non-hydrogen) atoms. The number of rotatable bonds is 6. The summed E-state index contributed by atoms with van der Waals surface area (Å²) in [6.07, 6.45) is 4.38. The molecule has 0 aromatic heterocycles. The van der Waals surface area contributed by atoms with Gasteiger partial charge < -0.3 is 16.4 Å². The van der Waals surface area contributed by atoms with Crippen molar-refractivity contribution in [1.82, 2.24) is 10.6 Å². The van der Waals surface area contributed by atoms with Gasteiger partial charge in [-0.25, -0.2) is 0 Å². The fourth-order valence-electron chi connectivity index (χ4n) is 3.30. The molecule has 0 heterocycles. The first-order valence-electron chi connectivity index (χ1n) is 9.16. The molecule has 1 saturated carbocycles. The van der Waals surface area contributed by atoms with Crippen LogP contribution in [0, 0.1) is 0 Å². The molecule has 2 rings (SSSR count). The zero-order chi connectivity index (χ0) is 18.5. The molecular formula is C20H31N3O2. The highest BCUT2D eigenvalue weighted by Gasteiger charge is 2.33. The van der Waals surface area contributed by atoms with Crippen molar-refractivity contribution >= 4 is 11.8 Å². The number of carbonyl (C=O) groups excluding carboxylic acids is 2. The van der Waals surface area contributed by atoms with Crippen molar-refractivity contribution in [1.29, 1.82) is 0 Å². The van der Waals surface area contributed by atoms with E-state index in [1.54, 1.807) is 0 Å². The number of nitrogens with one attached hydrogen (secondary N) is 2. The van der Waals surface area contributed by atoms with Gasteiger partial charge in [0.1, 0.15) is 0 Å². The fraction of sp³-hybridized carbons (Fsp3) is 0.600. The summed E-state index contributed by atoms with van der Waals surface area (Å²) in [6, 6.07) is 7.62. The Morgan fingerprint density at radius 1 is 1.12 bits per heavy atom. The van der Waals surface area contributed by atoms with Crippen LogP contribution in [-0.4, -0.2) is 30.4 Å². The van der Waals surface area contributed by atoms with E-state index >= 15 is 0 Å². The molecule has 138 valence electrons. The van der Waals surface area contributed by atoms with Crippen molar-refractivity contribution < 1.29 is 9.59 Å². The van der Waals surface area contributed by atoms with E-state index in [1.165, 1.54) is 5.56 Å². The average Bonchev–Trinajstić information content (AvgIpc) is 3.03. The van der Waals surface area contributed by atoms with Crippen LogP contribution in [0.2, 0.25) is 0 Å². The minimum atomic E-state index is -0.232. The third kappa shape index (κ3) is 5.30. The molecule has 5 nitrogen and oxygen atoms in total. The van der Waals surface area contributed by atoms with Gasteiger partial charge >= 0.3 is 0 Å². The number of benzene rings is 1. The largest absolute Gasteiger partial charge is 0.352 e. The Kier molecular flexibility index (Phi) is 6.22. The van der Waals surface area contributed by atoms with Crippen LogP contribution >= 0.6 is 0 Å². The summed E-state index contributed by atoms with van der Waals surface area (Å²) in [5.74, 6) is -0.196. The van der Waals surface area contributed by atoms with Crippen molar-refractivity contribution in [2.45, 2.75) is 63.8 Å². The van der Waals surface area contributed by atoms with Crippen LogP contribution in [0.3, 0.4) is 0 Å². The van der Waals surface area contributed by atoms with E-state index < -0.39 is 0 Å². The van der Waals surface area contributed by atoms with Gasteiger partial charge in [-0.3, -0.25) is 9.59 Å². The standard InChI is InChI=1S/C20H31N3O2/c1-19(2,3)16-8-6-15(7-9-16)18(25)22-13-10-17(24)23-20(14-21)11-4-5-12-20/h6-9H,4-5,10-14,21H2,1-3H3,(H,22,25)(H,23,24). The summed E-state index contributed by atoms with van der Waals surface area (Å²) < 4.78 is 0. The predicted octanol–water partition coefficient (Wildman–Crippen LogP) is 2.49. The van der Waals surface area contributed by atoms with E-state index in [4.69, 9.17) is 5.73 Å². The van der Waals surface area contributed by atoms with Crippen LogP contribution in [0.25, 0.3) is 0 Å². The van der Waals surface area contributed by atoms with Crippen LogP contribution in [0.1, 0.15) is 68.8 Å². The van der Waals surface area contributed by atoms with Gasteiger partial charge in [0.05, 0.1) is 5.54 Å². The molecular weight excluding hydrogens is 314 g/mol. The molecule has 0 spiro atoms. The summed E-state index contributed by atoms with van der Waals surface area (Å²) in [5, 5.41) is 5.88. The van der Waals surface area contributed by atoms with Gasteiger partial charge in [0, 0.05) is 25.1 Å². The molecule has 1 aromatic rings. The Morgan fingerprint density at radius 2 is 1.72 bits per heavy atom. The molecule has 1 aliphatic rings. The van der Waals surface area contributed by atoms with Crippen molar-refractivity contribution in [3.63, 3.8) is 0 Å². The molecule has 0 saturated heterocycles. The molecule has 0 aliphatic heterocycles. The molecule has 0 atom stereocenters. The van der Waals surface area contributed by atoms with Crippen LogP contribution < -0.4 is 16.4 Å². The van der Waals surface area contributed by atoms with E-state index in [1.807, 2.05) is 24.3 Å². The van der Waals surface area contributed by atoms with Gasteiger partial charge in [0.2, 0.25) is 5.91 Å². The molecule has 0 unspecified atom stereocenters. The van der Waals surface area contributed by atoms with Gasteiger partial charge in [0.25, 0.3) is 5.91 Å². The maximum absolute atomic E-state index is 12.2. The summed E-state index contributed by atoms with van der Waals surface area (Å²) in [6.45, 7) is 7.22. The highest BCUT2D eigenvalue weighted by atomic mass is 16.2. The van der Waals surface area contributed by atoms with Crippen molar-refractivity contribution in [2.24, 2.45) is 5.73 Å². The normalized spacial score (nSPS) is 16.5. The Morgan fingerprint density at radius 3 is 2.24 bits per heavy atom. The Hall–Kier alpha value is -1.88. The van der Waals surface area contributed by atoms with Gasteiger partial charge in [-0.1, -0.05) is 45.7 Å². The summed E-state index contributed by atoms with van der Waals surface area (Å²) >= 11 is 0. The third-order valence-corrected chi connectivity index (χ3v) is 5.01. The SMILES string of the molecule is CC(C)(C)c1ccc(C(=O)NCCC(=O)NC2(CN)CCCC2)cc1. The monoisotopic (exact) mass is 345 g/mol. The smallest absolute Gasteiger partial charge is 0.251 e. The maximum Gasteiger partial charge on any atom is 0.251 e. The molecule has 2 amide bonds. The Balaban J connectivity index is 1.79. The summed E-state index contributed by atoms with van der Waals surface area (Å²) in [7, 11) is 0. The van der Waals surface area contributed by atoms with E-state index in [0.29, 0.717) is 18.7 Å². The molecule has 0 bridgehead atoms. The number of nitrogens with two attached hydrogens (primary N) is 1. The van der Waals surface area contributed by atoms with Gasteiger partial charge in [-0.05, 0) is 36.0 Å². The van der Waals surface area contributed by atoms with Crippen LogP contribution in [-0.2, 0) is 10.2 Å². The number of carbonyl (C=O) groups is 2. The second-order valence-corrected chi connectivity index (χ2v) is 8.07. The molecule has 5 heteroatoms. The van der Waals surface area contributed by atoms with E-state index in [-0.39, 0.29) is 29.2 Å². The van der Waals surface area contributed by atoms with E-state index in [2.05, 4.69) is 31.4 Å². The first kappa shape index (κ1) is 19.4. The number of hydrogen-bond acceptors (Lipinski definition) is 3. The number of amides is 2. The second-order valence-electron chi connectivity index (χ2n) is 8.07. The number of hydrogen-bond donors (Lipinski definition) is 3. The lowest BCUT2D eigenvalue weighted by molar-refractivity contribution is -0.122.